The first-order valence-electron chi connectivity index (χ1n) is 6.93. The van der Waals surface area contributed by atoms with Crippen molar-refractivity contribution in [2.45, 2.75) is 30.8 Å². The molecule has 3 aliphatic heterocycles. The average molecular weight is 245 g/mol. The summed E-state index contributed by atoms with van der Waals surface area (Å²) in [4.78, 5) is 2.55. The molecule has 0 saturated carbocycles. The van der Waals surface area contributed by atoms with Crippen LogP contribution < -0.4 is 4.74 Å². The van der Waals surface area contributed by atoms with Crippen LogP contribution in [0, 0.1) is 5.92 Å². The molecule has 0 aliphatic carbocycles. The number of rotatable bonds is 1. The molecule has 0 spiro atoms. The van der Waals surface area contributed by atoms with Crippen LogP contribution in [0.25, 0.3) is 0 Å². The Hall–Kier alpha value is -1.06. The molecule has 0 bridgehead atoms. The number of aliphatic hydroxyl groups excluding tert-OH is 1. The standard InChI is InChI=1S/C15H19NO2/c17-10-15-6-3-7-16(15)14-11(8-15)9-18-13-5-2-1-4-12(13)14/h1-2,4-5,11,14,17H,3,6-10H2/t11-,14-,15+/m1/s1. The fourth-order valence-corrected chi connectivity index (χ4v) is 4.33. The second-order valence-corrected chi connectivity index (χ2v) is 5.94. The normalized spacial score (nSPS) is 37.8. The van der Waals surface area contributed by atoms with Gasteiger partial charge in [0.15, 0.2) is 0 Å². The number of para-hydroxylation sites is 1. The molecule has 4 rings (SSSR count). The van der Waals surface area contributed by atoms with E-state index in [4.69, 9.17) is 4.74 Å². The lowest BCUT2D eigenvalue weighted by Gasteiger charge is -2.36. The van der Waals surface area contributed by atoms with Gasteiger partial charge in [-0.3, -0.25) is 4.90 Å². The van der Waals surface area contributed by atoms with Gasteiger partial charge in [-0.15, -0.1) is 0 Å². The zero-order valence-corrected chi connectivity index (χ0v) is 10.5. The van der Waals surface area contributed by atoms with Gasteiger partial charge >= 0.3 is 0 Å². The van der Waals surface area contributed by atoms with E-state index >= 15 is 0 Å². The molecule has 3 nitrogen and oxygen atoms in total. The third-order valence-corrected chi connectivity index (χ3v) is 5.06. The van der Waals surface area contributed by atoms with Crippen LogP contribution in [-0.2, 0) is 0 Å². The molecule has 1 N–H and O–H groups in total. The Morgan fingerprint density at radius 3 is 3.17 bits per heavy atom. The van der Waals surface area contributed by atoms with Gasteiger partial charge in [-0.1, -0.05) is 18.2 Å². The molecule has 3 atom stereocenters. The Labute approximate surface area is 107 Å². The molecule has 0 amide bonds. The quantitative estimate of drug-likeness (QED) is 0.821. The minimum absolute atomic E-state index is 0.0378. The van der Waals surface area contributed by atoms with Crippen LogP contribution in [-0.4, -0.2) is 35.3 Å². The molecule has 18 heavy (non-hydrogen) atoms. The van der Waals surface area contributed by atoms with Crippen LogP contribution in [0.3, 0.4) is 0 Å². The second kappa shape index (κ2) is 3.72. The van der Waals surface area contributed by atoms with Crippen molar-refractivity contribution in [2.75, 3.05) is 19.8 Å². The highest BCUT2D eigenvalue weighted by molar-refractivity contribution is 5.40. The maximum Gasteiger partial charge on any atom is 0.124 e. The van der Waals surface area contributed by atoms with Gasteiger partial charge in [-0.05, 0) is 31.9 Å². The highest BCUT2D eigenvalue weighted by Gasteiger charge is 2.55. The van der Waals surface area contributed by atoms with Crippen LogP contribution in [0.4, 0.5) is 0 Å². The Kier molecular flexibility index (Phi) is 2.24. The van der Waals surface area contributed by atoms with Gasteiger partial charge in [0.05, 0.1) is 13.2 Å². The van der Waals surface area contributed by atoms with E-state index in [1.807, 2.05) is 6.07 Å². The molecule has 1 aromatic carbocycles. The van der Waals surface area contributed by atoms with Crippen LogP contribution in [0.1, 0.15) is 30.9 Å². The summed E-state index contributed by atoms with van der Waals surface area (Å²) in [6, 6.07) is 8.86. The topological polar surface area (TPSA) is 32.7 Å². The fraction of sp³-hybridized carbons (Fsp3) is 0.600. The van der Waals surface area contributed by atoms with Gasteiger partial charge in [0.1, 0.15) is 5.75 Å². The molecule has 1 aromatic rings. The Morgan fingerprint density at radius 2 is 2.28 bits per heavy atom. The number of ether oxygens (including phenoxy) is 1. The van der Waals surface area contributed by atoms with Gasteiger partial charge < -0.3 is 9.84 Å². The Morgan fingerprint density at radius 1 is 1.39 bits per heavy atom. The van der Waals surface area contributed by atoms with Gasteiger partial charge in [0.25, 0.3) is 0 Å². The van der Waals surface area contributed by atoms with E-state index in [0.717, 1.165) is 31.7 Å². The maximum absolute atomic E-state index is 9.84. The minimum atomic E-state index is 0.0378. The monoisotopic (exact) mass is 245 g/mol. The first-order valence-corrected chi connectivity index (χ1v) is 6.93. The summed E-state index contributed by atoms with van der Waals surface area (Å²) in [5, 5.41) is 9.84. The number of benzene rings is 1. The molecule has 0 aromatic heterocycles. The SMILES string of the molecule is OC[C@@]12CCCN1[C@H]1c3ccccc3OC[C@H]1C2. The Balaban J connectivity index is 1.80. The van der Waals surface area contributed by atoms with Crippen molar-refractivity contribution in [3.63, 3.8) is 0 Å². The summed E-state index contributed by atoms with van der Waals surface area (Å²) < 4.78 is 5.88. The first kappa shape index (κ1) is 10.8. The van der Waals surface area contributed by atoms with Crippen LogP contribution in [0.5, 0.6) is 5.75 Å². The summed E-state index contributed by atoms with van der Waals surface area (Å²) in [5.74, 6) is 1.59. The molecule has 3 aliphatic rings. The molecule has 96 valence electrons. The number of hydrogen-bond donors (Lipinski definition) is 1. The zero-order valence-electron chi connectivity index (χ0n) is 10.5. The Bertz CT molecular complexity index is 475. The van der Waals surface area contributed by atoms with Gasteiger partial charge in [0.2, 0.25) is 0 Å². The molecule has 0 unspecified atom stereocenters. The van der Waals surface area contributed by atoms with E-state index in [2.05, 4.69) is 23.1 Å². The summed E-state index contributed by atoms with van der Waals surface area (Å²) >= 11 is 0. The van der Waals surface area contributed by atoms with Crippen LogP contribution in [0.2, 0.25) is 0 Å². The summed E-state index contributed by atoms with van der Waals surface area (Å²) in [5.41, 5.74) is 1.36. The zero-order chi connectivity index (χ0) is 12.2. The lowest BCUT2D eigenvalue weighted by Crippen LogP contribution is -2.42. The van der Waals surface area contributed by atoms with E-state index in [-0.39, 0.29) is 5.54 Å². The van der Waals surface area contributed by atoms with Gasteiger partial charge in [-0.25, -0.2) is 0 Å². The van der Waals surface area contributed by atoms with Crippen LogP contribution >= 0.6 is 0 Å². The van der Waals surface area contributed by atoms with Crippen LogP contribution in [0.15, 0.2) is 24.3 Å². The average Bonchev–Trinajstić information content (AvgIpc) is 2.94. The molecule has 2 fully saturated rings. The predicted octanol–water partition coefficient (Wildman–Crippen LogP) is 1.97. The summed E-state index contributed by atoms with van der Waals surface area (Å²) in [6.07, 6.45) is 3.44. The van der Waals surface area contributed by atoms with Crippen molar-refractivity contribution in [1.82, 2.24) is 4.90 Å². The maximum atomic E-state index is 9.84. The largest absolute Gasteiger partial charge is 0.493 e. The molecule has 0 radical (unpaired) electrons. The number of fused-ring (bicyclic) bond motifs is 5. The van der Waals surface area contributed by atoms with E-state index < -0.39 is 0 Å². The molecule has 3 heterocycles. The lowest BCUT2D eigenvalue weighted by atomic mass is 9.86. The smallest absolute Gasteiger partial charge is 0.124 e. The highest BCUT2D eigenvalue weighted by Crippen LogP contribution is 2.54. The van der Waals surface area contributed by atoms with Crippen molar-refractivity contribution in [3.05, 3.63) is 29.8 Å². The second-order valence-electron chi connectivity index (χ2n) is 5.94. The van der Waals surface area contributed by atoms with E-state index in [1.165, 1.54) is 12.0 Å². The third kappa shape index (κ3) is 1.26. The summed E-state index contributed by atoms with van der Waals surface area (Å²) in [6.45, 7) is 2.22. The highest BCUT2D eigenvalue weighted by atomic mass is 16.5. The number of nitrogens with zero attached hydrogens (tertiary/aromatic N) is 1. The first-order chi connectivity index (χ1) is 8.84. The number of hydrogen-bond acceptors (Lipinski definition) is 3. The van der Waals surface area contributed by atoms with E-state index in [1.54, 1.807) is 0 Å². The van der Waals surface area contributed by atoms with E-state index in [0.29, 0.717) is 18.6 Å². The molecule has 2 saturated heterocycles. The fourth-order valence-electron chi connectivity index (χ4n) is 4.33. The van der Waals surface area contributed by atoms with Crippen molar-refractivity contribution in [3.8, 4) is 5.75 Å². The number of aliphatic hydroxyl groups is 1. The molecular formula is C15H19NO2. The van der Waals surface area contributed by atoms with Gasteiger partial charge in [-0.2, -0.15) is 0 Å². The van der Waals surface area contributed by atoms with Crippen molar-refractivity contribution < 1.29 is 9.84 Å². The predicted molar refractivity (Wildman–Crippen MR) is 68.5 cm³/mol. The minimum Gasteiger partial charge on any atom is -0.493 e. The van der Waals surface area contributed by atoms with Crippen molar-refractivity contribution in [1.29, 1.82) is 0 Å². The van der Waals surface area contributed by atoms with Crippen molar-refractivity contribution in [2.24, 2.45) is 5.92 Å². The van der Waals surface area contributed by atoms with Gasteiger partial charge in [0, 0.05) is 23.1 Å². The van der Waals surface area contributed by atoms with E-state index in [9.17, 15) is 5.11 Å². The summed E-state index contributed by atoms with van der Waals surface area (Å²) in [7, 11) is 0. The van der Waals surface area contributed by atoms with Crippen molar-refractivity contribution >= 4 is 0 Å². The molecule has 3 heteroatoms. The third-order valence-electron chi connectivity index (χ3n) is 5.06. The molecular weight excluding hydrogens is 226 g/mol. The lowest BCUT2D eigenvalue weighted by molar-refractivity contribution is 0.0720.